The number of nitrogens with zero attached hydrogens (tertiary/aromatic N) is 2. The molecule has 8 heteroatoms. The predicted molar refractivity (Wildman–Crippen MR) is 103 cm³/mol. The number of piperidine rings is 1. The Labute approximate surface area is 155 Å². The molecule has 1 aliphatic carbocycles. The molecule has 0 aromatic heterocycles. The Morgan fingerprint density at radius 2 is 1.85 bits per heavy atom. The number of sulfonamides is 1. The summed E-state index contributed by atoms with van der Waals surface area (Å²) < 4.78 is 26.0. The first-order valence-corrected chi connectivity index (χ1v) is 10.4. The molecule has 1 aliphatic heterocycles. The van der Waals surface area contributed by atoms with Crippen LogP contribution in [0.25, 0.3) is 0 Å². The number of anilines is 2. The van der Waals surface area contributed by atoms with E-state index in [1.807, 2.05) is 19.0 Å². The molecule has 0 radical (unpaired) electrons. The summed E-state index contributed by atoms with van der Waals surface area (Å²) >= 11 is 0. The lowest BCUT2D eigenvalue weighted by Gasteiger charge is -2.24. The van der Waals surface area contributed by atoms with Crippen LogP contribution in [0.4, 0.5) is 11.4 Å². The molecule has 1 unspecified atom stereocenters. The van der Waals surface area contributed by atoms with Crippen LogP contribution in [0.3, 0.4) is 0 Å². The number of nitrogens with one attached hydrogen (secondary N) is 2. The van der Waals surface area contributed by atoms with Gasteiger partial charge in [-0.05, 0) is 56.0 Å². The molecule has 7 nitrogen and oxygen atoms in total. The Morgan fingerprint density at radius 3 is 2.42 bits per heavy atom. The highest BCUT2D eigenvalue weighted by molar-refractivity contribution is 7.89. The summed E-state index contributed by atoms with van der Waals surface area (Å²) in [5.74, 6) is 0.0168. The molecule has 1 saturated carbocycles. The van der Waals surface area contributed by atoms with Crippen molar-refractivity contribution in [1.29, 1.82) is 0 Å². The second-order valence-corrected chi connectivity index (χ2v) is 9.87. The molecule has 26 heavy (non-hydrogen) atoms. The average molecular weight is 381 g/mol. The third-order valence-electron chi connectivity index (χ3n) is 5.59. The second kappa shape index (κ2) is 6.83. The zero-order chi connectivity index (χ0) is 19.1. The number of carbonyl (C=O) groups is 1. The molecule has 1 spiro atoms. The first-order valence-electron chi connectivity index (χ1n) is 8.93. The highest BCUT2D eigenvalue weighted by Crippen LogP contribution is 2.58. The Bertz CT molecular complexity index is 799. The molecule has 1 atom stereocenters. The summed E-state index contributed by atoms with van der Waals surface area (Å²) in [4.78, 5) is 14.9. The Balaban J connectivity index is 1.85. The van der Waals surface area contributed by atoms with Gasteiger partial charge in [-0.1, -0.05) is 0 Å². The number of benzene rings is 1. The number of rotatable bonds is 5. The van der Waals surface area contributed by atoms with E-state index >= 15 is 0 Å². The molecule has 0 bridgehead atoms. The number of carbonyl (C=O) groups excluding carboxylic acids is 1. The second-order valence-electron chi connectivity index (χ2n) is 7.72. The lowest BCUT2D eigenvalue weighted by Crippen LogP contribution is -2.31. The zero-order valence-electron chi connectivity index (χ0n) is 15.9. The maximum atomic E-state index is 12.8. The van der Waals surface area contributed by atoms with E-state index in [9.17, 15) is 13.2 Å². The quantitative estimate of drug-likeness (QED) is 0.805. The standard InChI is InChI=1S/C18H28N4O3S/c1-21(2)16-6-5-13(26(24,25)22(3)4)11-15(16)20-17(23)14-12-18(14)7-9-19-10-8-18/h5-6,11,14,19H,7-10,12H2,1-4H3,(H,20,23). The van der Waals surface area contributed by atoms with Gasteiger partial charge in [0.2, 0.25) is 15.9 Å². The van der Waals surface area contributed by atoms with E-state index in [0.717, 1.165) is 38.0 Å². The van der Waals surface area contributed by atoms with Crippen LogP contribution in [0.15, 0.2) is 23.1 Å². The Kier molecular flexibility index (Phi) is 5.02. The molecule has 1 heterocycles. The van der Waals surface area contributed by atoms with Gasteiger partial charge >= 0.3 is 0 Å². The summed E-state index contributed by atoms with van der Waals surface area (Å²) in [6.45, 7) is 1.92. The Morgan fingerprint density at radius 1 is 1.19 bits per heavy atom. The molecular weight excluding hydrogens is 352 g/mol. The highest BCUT2D eigenvalue weighted by atomic mass is 32.2. The molecular formula is C18H28N4O3S. The normalized spacial score (nSPS) is 21.7. The highest BCUT2D eigenvalue weighted by Gasteiger charge is 2.57. The smallest absolute Gasteiger partial charge is 0.242 e. The molecule has 1 aromatic carbocycles. The summed E-state index contributed by atoms with van der Waals surface area (Å²) in [6, 6.07) is 4.87. The van der Waals surface area contributed by atoms with Gasteiger partial charge in [-0.25, -0.2) is 12.7 Å². The minimum atomic E-state index is -3.55. The van der Waals surface area contributed by atoms with E-state index in [2.05, 4.69) is 10.6 Å². The fraction of sp³-hybridized carbons (Fsp3) is 0.611. The van der Waals surface area contributed by atoms with Crippen molar-refractivity contribution in [2.75, 3.05) is 51.5 Å². The topological polar surface area (TPSA) is 81.8 Å². The van der Waals surface area contributed by atoms with Crippen LogP contribution in [0.2, 0.25) is 0 Å². The van der Waals surface area contributed by atoms with Crippen LogP contribution in [0.1, 0.15) is 19.3 Å². The van der Waals surface area contributed by atoms with Gasteiger partial charge in [0.05, 0.1) is 16.3 Å². The van der Waals surface area contributed by atoms with Crippen molar-refractivity contribution < 1.29 is 13.2 Å². The van der Waals surface area contributed by atoms with Crippen LogP contribution in [0, 0.1) is 11.3 Å². The van der Waals surface area contributed by atoms with Gasteiger partial charge in [-0.3, -0.25) is 4.79 Å². The first-order chi connectivity index (χ1) is 12.2. The molecule has 2 aliphatic rings. The lowest BCUT2D eigenvalue weighted by molar-refractivity contribution is -0.118. The van der Waals surface area contributed by atoms with Gasteiger partial charge in [-0.15, -0.1) is 0 Å². The van der Waals surface area contributed by atoms with Crippen molar-refractivity contribution in [3.63, 3.8) is 0 Å². The maximum absolute atomic E-state index is 12.8. The third kappa shape index (κ3) is 3.45. The predicted octanol–water partition coefficient (Wildman–Crippen LogP) is 1.33. The van der Waals surface area contributed by atoms with E-state index in [0.29, 0.717) is 5.69 Å². The monoisotopic (exact) mass is 380 g/mol. The average Bonchev–Trinajstić information content (AvgIpc) is 3.28. The molecule has 1 saturated heterocycles. The third-order valence-corrected chi connectivity index (χ3v) is 7.40. The minimum absolute atomic E-state index is 0.00518. The van der Waals surface area contributed by atoms with E-state index < -0.39 is 10.0 Å². The zero-order valence-corrected chi connectivity index (χ0v) is 16.7. The van der Waals surface area contributed by atoms with Crippen LogP contribution in [0.5, 0.6) is 0 Å². The van der Waals surface area contributed by atoms with Crippen molar-refractivity contribution in [1.82, 2.24) is 9.62 Å². The molecule has 144 valence electrons. The molecule has 1 amide bonds. The van der Waals surface area contributed by atoms with E-state index in [-0.39, 0.29) is 22.1 Å². The van der Waals surface area contributed by atoms with Crippen LogP contribution >= 0.6 is 0 Å². The fourth-order valence-corrected chi connectivity index (χ4v) is 4.72. The van der Waals surface area contributed by atoms with Gasteiger partial charge in [0.1, 0.15) is 0 Å². The van der Waals surface area contributed by atoms with Crippen LogP contribution in [-0.2, 0) is 14.8 Å². The number of hydrogen-bond acceptors (Lipinski definition) is 5. The minimum Gasteiger partial charge on any atom is -0.376 e. The van der Waals surface area contributed by atoms with Gasteiger partial charge < -0.3 is 15.5 Å². The molecule has 1 aromatic rings. The Hall–Kier alpha value is -1.64. The van der Waals surface area contributed by atoms with E-state index in [1.54, 1.807) is 18.2 Å². The number of hydrogen-bond donors (Lipinski definition) is 2. The van der Waals surface area contributed by atoms with Gasteiger partial charge in [0, 0.05) is 34.1 Å². The summed E-state index contributed by atoms with van der Waals surface area (Å²) in [5, 5.41) is 6.33. The van der Waals surface area contributed by atoms with E-state index in [1.165, 1.54) is 18.4 Å². The van der Waals surface area contributed by atoms with Crippen molar-refractivity contribution in [3.8, 4) is 0 Å². The van der Waals surface area contributed by atoms with Gasteiger partial charge in [-0.2, -0.15) is 0 Å². The molecule has 2 N–H and O–H groups in total. The van der Waals surface area contributed by atoms with Crippen molar-refractivity contribution in [3.05, 3.63) is 18.2 Å². The maximum Gasteiger partial charge on any atom is 0.242 e. The van der Waals surface area contributed by atoms with Crippen LogP contribution < -0.4 is 15.5 Å². The summed E-state index contributed by atoms with van der Waals surface area (Å²) in [7, 11) is 3.19. The fourth-order valence-electron chi connectivity index (χ4n) is 3.79. The van der Waals surface area contributed by atoms with Gasteiger partial charge in [0.25, 0.3) is 0 Å². The van der Waals surface area contributed by atoms with Crippen LogP contribution in [-0.4, -0.2) is 59.9 Å². The van der Waals surface area contributed by atoms with Gasteiger partial charge in [0.15, 0.2) is 0 Å². The SMILES string of the molecule is CN(C)c1ccc(S(=O)(=O)N(C)C)cc1NC(=O)C1CC12CCNCC2. The van der Waals surface area contributed by atoms with Crippen molar-refractivity contribution in [2.45, 2.75) is 24.2 Å². The molecule has 2 fully saturated rings. The largest absolute Gasteiger partial charge is 0.376 e. The summed E-state index contributed by atoms with van der Waals surface area (Å²) in [6.07, 6.45) is 2.98. The summed E-state index contributed by atoms with van der Waals surface area (Å²) in [5.41, 5.74) is 1.47. The first kappa shape index (κ1) is 19.1. The van der Waals surface area contributed by atoms with Crippen molar-refractivity contribution in [2.24, 2.45) is 11.3 Å². The number of amides is 1. The molecule has 3 rings (SSSR count). The van der Waals surface area contributed by atoms with E-state index in [4.69, 9.17) is 0 Å². The van der Waals surface area contributed by atoms with Crippen molar-refractivity contribution >= 4 is 27.3 Å². The lowest BCUT2D eigenvalue weighted by atomic mass is 9.92.